The molecule has 1 aliphatic heterocycles. The number of para-hydroxylation sites is 2. The van der Waals surface area contributed by atoms with Crippen LogP contribution in [0.25, 0.3) is 11.3 Å². The van der Waals surface area contributed by atoms with Crippen LogP contribution < -0.4 is 15.0 Å². The average Bonchev–Trinajstić information content (AvgIpc) is 3.28. The fourth-order valence-electron chi connectivity index (χ4n) is 3.71. The number of carbonyl (C=O) groups excluding carboxylic acids is 1. The zero-order chi connectivity index (χ0) is 21.6. The van der Waals surface area contributed by atoms with Crippen LogP contribution >= 0.6 is 0 Å². The topological polar surface area (TPSA) is 87.8 Å². The normalized spacial score (nSPS) is 14.5. The van der Waals surface area contributed by atoms with E-state index in [0.717, 1.165) is 48.6 Å². The summed E-state index contributed by atoms with van der Waals surface area (Å²) >= 11 is 0. The first-order chi connectivity index (χ1) is 15.1. The van der Waals surface area contributed by atoms with E-state index < -0.39 is 0 Å². The third-order valence-electron chi connectivity index (χ3n) is 5.48. The number of aryl methyl sites for hydroxylation is 1. The summed E-state index contributed by atoms with van der Waals surface area (Å²) in [7, 11) is 1.63. The number of nitrogens with one attached hydrogen (secondary N) is 1. The summed E-state index contributed by atoms with van der Waals surface area (Å²) in [5.74, 6) is 1.88. The van der Waals surface area contributed by atoms with Crippen molar-refractivity contribution in [2.45, 2.75) is 31.8 Å². The van der Waals surface area contributed by atoms with Gasteiger partial charge in [-0.15, -0.1) is 0 Å². The molecule has 2 heterocycles. The fraction of sp³-hybridized carbons (Fsp3) is 0.333. The van der Waals surface area contributed by atoms with Crippen LogP contribution in [-0.4, -0.2) is 42.3 Å². The molecular weight excluding hydrogens is 394 g/mol. The van der Waals surface area contributed by atoms with Gasteiger partial charge in [-0.3, -0.25) is 4.79 Å². The van der Waals surface area contributed by atoms with Crippen molar-refractivity contribution in [2.75, 3.05) is 30.4 Å². The van der Waals surface area contributed by atoms with E-state index in [1.807, 2.05) is 48.5 Å². The van der Waals surface area contributed by atoms with Crippen LogP contribution in [0.4, 0.5) is 11.4 Å². The molecule has 3 aromatic rings. The highest BCUT2D eigenvalue weighted by Gasteiger charge is 2.20. The first-order valence-corrected chi connectivity index (χ1v) is 10.5. The van der Waals surface area contributed by atoms with Crippen LogP contribution in [-0.2, 0) is 11.2 Å². The Balaban J connectivity index is 1.34. The predicted molar refractivity (Wildman–Crippen MR) is 119 cm³/mol. The van der Waals surface area contributed by atoms with Gasteiger partial charge < -0.3 is 24.5 Å². The molecule has 1 saturated heterocycles. The Morgan fingerprint density at radius 3 is 2.68 bits per heavy atom. The summed E-state index contributed by atoms with van der Waals surface area (Å²) in [5.41, 5.74) is 2.68. The van der Waals surface area contributed by atoms with E-state index in [2.05, 4.69) is 15.2 Å². The van der Waals surface area contributed by atoms with E-state index >= 15 is 0 Å². The molecule has 0 unspecified atom stereocenters. The summed E-state index contributed by atoms with van der Waals surface area (Å²) in [6.45, 7) is 1.55. The number of aromatic nitrogens is 1. The number of anilines is 2. The molecule has 0 radical (unpaired) electrons. The zero-order valence-electron chi connectivity index (χ0n) is 17.6. The Labute approximate surface area is 181 Å². The van der Waals surface area contributed by atoms with Gasteiger partial charge in [0.15, 0.2) is 11.7 Å². The molecule has 0 spiro atoms. The van der Waals surface area contributed by atoms with Crippen molar-refractivity contribution in [3.8, 4) is 17.1 Å². The quantitative estimate of drug-likeness (QED) is 0.602. The van der Waals surface area contributed by atoms with Crippen LogP contribution in [0, 0.1) is 0 Å². The minimum atomic E-state index is -0.235. The number of aliphatic hydroxyl groups excluding tert-OH is 1. The molecule has 2 N–H and O–H groups in total. The van der Waals surface area contributed by atoms with E-state index in [9.17, 15) is 9.90 Å². The van der Waals surface area contributed by atoms with E-state index in [1.165, 1.54) is 0 Å². The maximum atomic E-state index is 12.6. The van der Waals surface area contributed by atoms with Crippen molar-refractivity contribution in [2.24, 2.45) is 0 Å². The number of piperidine rings is 1. The molecular formula is C24H27N3O4. The molecule has 1 fully saturated rings. The van der Waals surface area contributed by atoms with Gasteiger partial charge in [-0.2, -0.15) is 0 Å². The lowest BCUT2D eigenvalue weighted by atomic mass is 10.1. The molecule has 0 bridgehead atoms. The van der Waals surface area contributed by atoms with Crippen molar-refractivity contribution in [3.05, 3.63) is 60.6 Å². The molecule has 1 amide bonds. The van der Waals surface area contributed by atoms with Crippen LogP contribution in [0.15, 0.2) is 59.1 Å². The lowest BCUT2D eigenvalue weighted by Crippen LogP contribution is -2.36. The first-order valence-electron chi connectivity index (χ1n) is 10.5. The number of amides is 1. The summed E-state index contributed by atoms with van der Waals surface area (Å²) in [5, 5.41) is 12.8. The number of aliphatic hydroxyl groups is 1. The number of benzene rings is 2. The molecule has 162 valence electrons. The van der Waals surface area contributed by atoms with Gasteiger partial charge in [0.1, 0.15) is 5.75 Å². The molecule has 7 heteroatoms. The maximum absolute atomic E-state index is 12.6. The predicted octanol–water partition coefficient (Wildman–Crippen LogP) is 3.88. The van der Waals surface area contributed by atoms with Gasteiger partial charge >= 0.3 is 0 Å². The fourth-order valence-corrected chi connectivity index (χ4v) is 3.71. The maximum Gasteiger partial charge on any atom is 0.224 e. The smallest absolute Gasteiger partial charge is 0.224 e. The third kappa shape index (κ3) is 5.24. The molecule has 7 nitrogen and oxygen atoms in total. The summed E-state index contributed by atoms with van der Waals surface area (Å²) < 4.78 is 11.0. The van der Waals surface area contributed by atoms with Crippen molar-refractivity contribution < 1.29 is 19.1 Å². The molecule has 31 heavy (non-hydrogen) atoms. The Bertz CT molecular complexity index is 1010. The van der Waals surface area contributed by atoms with Crippen molar-refractivity contribution in [3.63, 3.8) is 0 Å². The highest BCUT2D eigenvalue weighted by atomic mass is 16.5. The summed E-state index contributed by atoms with van der Waals surface area (Å²) in [4.78, 5) is 19.1. The van der Waals surface area contributed by atoms with Gasteiger partial charge in [0.05, 0.1) is 30.8 Å². The highest BCUT2D eigenvalue weighted by molar-refractivity contribution is 5.94. The second kappa shape index (κ2) is 9.66. The number of carbonyl (C=O) groups is 1. The third-order valence-corrected chi connectivity index (χ3v) is 5.48. The van der Waals surface area contributed by atoms with Crippen molar-refractivity contribution >= 4 is 17.3 Å². The largest absolute Gasteiger partial charge is 0.497 e. The SMILES string of the molecule is COc1ccc(-c2cnc(CCC(=O)Nc3ccccc3N3CCC(O)CC3)o2)cc1. The molecule has 0 aliphatic carbocycles. The number of methoxy groups -OCH3 is 1. The number of ether oxygens (including phenoxy) is 1. The lowest BCUT2D eigenvalue weighted by Gasteiger charge is -2.32. The number of nitrogens with zero attached hydrogens (tertiary/aromatic N) is 2. The van der Waals surface area contributed by atoms with Gasteiger partial charge in [-0.05, 0) is 49.2 Å². The second-order valence-corrected chi connectivity index (χ2v) is 7.63. The second-order valence-electron chi connectivity index (χ2n) is 7.63. The van der Waals surface area contributed by atoms with Crippen LogP contribution in [0.3, 0.4) is 0 Å². The molecule has 1 aliphatic rings. The van der Waals surface area contributed by atoms with Gasteiger partial charge in [0, 0.05) is 31.5 Å². The lowest BCUT2D eigenvalue weighted by molar-refractivity contribution is -0.116. The van der Waals surface area contributed by atoms with Gasteiger partial charge in [0.2, 0.25) is 5.91 Å². The zero-order valence-corrected chi connectivity index (χ0v) is 17.6. The van der Waals surface area contributed by atoms with E-state index in [0.29, 0.717) is 18.1 Å². The summed E-state index contributed by atoms with van der Waals surface area (Å²) in [6, 6.07) is 15.3. The first kappa shape index (κ1) is 20.9. The van der Waals surface area contributed by atoms with Gasteiger partial charge in [0.25, 0.3) is 0 Å². The Hall–Kier alpha value is -3.32. The van der Waals surface area contributed by atoms with E-state index in [-0.39, 0.29) is 18.4 Å². The van der Waals surface area contributed by atoms with Crippen molar-refractivity contribution in [1.29, 1.82) is 0 Å². The van der Waals surface area contributed by atoms with Crippen LogP contribution in [0.1, 0.15) is 25.2 Å². The van der Waals surface area contributed by atoms with E-state index in [1.54, 1.807) is 13.3 Å². The highest BCUT2D eigenvalue weighted by Crippen LogP contribution is 2.29. The minimum Gasteiger partial charge on any atom is -0.497 e. The molecule has 1 aromatic heterocycles. The van der Waals surface area contributed by atoms with Crippen LogP contribution in [0.2, 0.25) is 0 Å². The van der Waals surface area contributed by atoms with Crippen molar-refractivity contribution in [1.82, 2.24) is 4.98 Å². The Morgan fingerprint density at radius 2 is 1.94 bits per heavy atom. The standard InChI is InChI=1S/C24H27N3O4/c1-30-19-8-6-17(7-9-19)22-16-25-24(31-22)11-10-23(29)26-20-4-2-3-5-21(20)27-14-12-18(28)13-15-27/h2-9,16,18,28H,10-15H2,1H3,(H,26,29). The van der Waals surface area contributed by atoms with E-state index in [4.69, 9.17) is 9.15 Å². The van der Waals surface area contributed by atoms with Gasteiger partial charge in [-0.25, -0.2) is 4.98 Å². The summed E-state index contributed by atoms with van der Waals surface area (Å²) in [6.07, 6.45) is 3.61. The average molecular weight is 421 g/mol. The number of hydrogen-bond donors (Lipinski definition) is 2. The monoisotopic (exact) mass is 421 g/mol. The minimum absolute atomic E-state index is 0.0892. The van der Waals surface area contributed by atoms with Gasteiger partial charge in [-0.1, -0.05) is 12.1 Å². The molecule has 4 rings (SSSR count). The molecule has 0 saturated carbocycles. The molecule has 2 aromatic carbocycles. The number of rotatable bonds is 7. The number of hydrogen-bond acceptors (Lipinski definition) is 6. The molecule has 0 atom stereocenters. The Morgan fingerprint density at radius 1 is 1.19 bits per heavy atom. The number of oxazole rings is 1. The Kier molecular flexibility index (Phi) is 6.52. The van der Waals surface area contributed by atoms with Crippen LogP contribution in [0.5, 0.6) is 5.75 Å².